The third-order valence-electron chi connectivity index (χ3n) is 3.46. The Morgan fingerprint density at radius 3 is 2.18 bits per heavy atom. The van der Waals surface area contributed by atoms with Crippen molar-refractivity contribution in [1.29, 1.82) is 0 Å². The van der Waals surface area contributed by atoms with Gasteiger partial charge in [-0.3, -0.25) is 19.2 Å². The summed E-state index contributed by atoms with van der Waals surface area (Å²) in [5.41, 5.74) is 0. The van der Waals surface area contributed by atoms with E-state index in [1.807, 2.05) is 0 Å². The van der Waals surface area contributed by atoms with Crippen molar-refractivity contribution in [3.63, 3.8) is 0 Å². The molecule has 0 aliphatic heterocycles. The third-order valence-corrected chi connectivity index (χ3v) is 3.46. The number of hydrogen-bond acceptors (Lipinski definition) is 7. The molecule has 1 aliphatic rings. The Labute approximate surface area is 129 Å². The van der Waals surface area contributed by atoms with Gasteiger partial charge in [0.05, 0.1) is 0 Å². The minimum absolute atomic E-state index is 0.00151. The lowest BCUT2D eigenvalue weighted by molar-refractivity contribution is -0.178. The van der Waals surface area contributed by atoms with Gasteiger partial charge in [0, 0.05) is 39.9 Å². The molecule has 7 heteroatoms. The number of carbonyl (C=O) groups is 4. The minimum Gasteiger partial charge on any atom is -0.450 e. The van der Waals surface area contributed by atoms with Crippen LogP contribution in [0, 0.1) is 5.92 Å². The molecule has 22 heavy (non-hydrogen) atoms. The zero-order valence-corrected chi connectivity index (χ0v) is 13.1. The number of esters is 2. The molecule has 1 aliphatic carbocycles. The maximum absolute atomic E-state index is 12.4. The van der Waals surface area contributed by atoms with Crippen molar-refractivity contribution < 1.29 is 33.4 Å². The fourth-order valence-corrected chi connectivity index (χ4v) is 2.50. The lowest BCUT2D eigenvalue weighted by atomic mass is 9.80. The van der Waals surface area contributed by atoms with E-state index in [2.05, 4.69) is 0 Å². The van der Waals surface area contributed by atoms with Gasteiger partial charge in [0.2, 0.25) is 12.2 Å². The first-order valence-corrected chi connectivity index (χ1v) is 7.26. The van der Waals surface area contributed by atoms with Crippen molar-refractivity contribution in [3.8, 4) is 0 Å². The molecule has 0 saturated heterocycles. The van der Waals surface area contributed by atoms with E-state index in [4.69, 9.17) is 14.2 Å². The molecule has 1 unspecified atom stereocenters. The Bertz CT molecular complexity index is 443. The molecular formula is C15H22O7. The zero-order valence-electron chi connectivity index (χ0n) is 13.1. The second-order valence-corrected chi connectivity index (χ2v) is 5.32. The number of Topliss-reactive ketones (excluding diaryl/α,β-unsaturated/α-hetero) is 2. The zero-order chi connectivity index (χ0) is 16.7. The molecular weight excluding hydrogens is 292 g/mol. The van der Waals surface area contributed by atoms with Gasteiger partial charge >= 0.3 is 11.9 Å². The van der Waals surface area contributed by atoms with Crippen LogP contribution < -0.4 is 0 Å². The van der Waals surface area contributed by atoms with Gasteiger partial charge in [-0.2, -0.15) is 0 Å². The highest BCUT2D eigenvalue weighted by Gasteiger charge is 2.47. The van der Waals surface area contributed by atoms with Gasteiger partial charge in [-0.15, -0.1) is 0 Å². The van der Waals surface area contributed by atoms with Crippen LogP contribution in [-0.4, -0.2) is 49.4 Å². The summed E-state index contributed by atoms with van der Waals surface area (Å²) < 4.78 is 14.7. The van der Waals surface area contributed by atoms with Crippen LogP contribution in [0.4, 0.5) is 0 Å². The van der Waals surface area contributed by atoms with E-state index in [9.17, 15) is 19.2 Å². The highest BCUT2D eigenvalue weighted by Crippen LogP contribution is 2.27. The van der Waals surface area contributed by atoms with Crippen LogP contribution in [0.3, 0.4) is 0 Å². The molecule has 0 spiro atoms. The van der Waals surface area contributed by atoms with E-state index in [-0.39, 0.29) is 12.2 Å². The van der Waals surface area contributed by atoms with Crippen molar-refractivity contribution in [1.82, 2.24) is 0 Å². The summed E-state index contributed by atoms with van der Waals surface area (Å²) in [6.07, 6.45) is -0.651. The van der Waals surface area contributed by atoms with Crippen molar-refractivity contribution in [2.24, 2.45) is 5.92 Å². The van der Waals surface area contributed by atoms with E-state index in [0.29, 0.717) is 13.0 Å². The summed E-state index contributed by atoms with van der Waals surface area (Å²) in [6.45, 7) is 2.86. The number of methoxy groups -OCH3 is 1. The Hall–Kier alpha value is -1.76. The number of ether oxygens (including phenoxy) is 3. The molecule has 124 valence electrons. The summed E-state index contributed by atoms with van der Waals surface area (Å²) in [7, 11) is 1.59. The SMILES string of the molecule is COCCCCC1CC(=O)[C@H](OC(C)=O)[C@@H](OC(C)=O)C1=O. The molecule has 3 atom stereocenters. The van der Waals surface area contributed by atoms with Crippen LogP contribution >= 0.6 is 0 Å². The predicted molar refractivity (Wildman–Crippen MR) is 75.0 cm³/mol. The van der Waals surface area contributed by atoms with Crippen LogP contribution in [0.2, 0.25) is 0 Å². The van der Waals surface area contributed by atoms with E-state index in [0.717, 1.165) is 26.7 Å². The molecule has 0 aromatic heterocycles. The van der Waals surface area contributed by atoms with Crippen molar-refractivity contribution in [2.45, 2.75) is 51.7 Å². The standard InChI is InChI=1S/C15H22O7/c1-9(16)21-14-12(18)8-11(6-4-5-7-20-3)13(19)15(14)22-10(2)17/h11,14-15H,4-8H2,1-3H3/t11?,14-,15-/m0/s1. The molecule has 0 aromatic carbocycles. The summed E-state index contributed by atoms with van der Waals surface area (Å²) in [5, 5.41) is 0. The highest BCUT2D eigenvalue weighted by atomic mass is 16.6. The van der Waals surface area contributed by atoms with Gasteiger partial charge in [-0.05, 0) is 12.8 Å². The number of ketones is 2. The van der Waals surface area contributed by atoms with E-state index in [1.165, 1.54) is 0 Å². The average molecular weight is 314 g/mol. The Morgan fingerprint density at radius 1 is 1.05 bits per heavy atom. The topological polar surface area (TPSA) is 96.0 Å². The van der Waals surface area contributed by atoms with Crippen LogP contribution in [0.15, 0.2) is 0 Å². The van der Waals surface area contributed by atoms with Crippen LogP contribution in [0.5, 0.6) is 0 Å². The molecule has 0 amide bonds. The molecule has 0 N–H and O–H groups in total. The molecule has 7 nitrogen and oxygen atoms in total. The quantitative estimate of drug-likeness (QED) is 0.507. The molecule has 0 heterocycles. The summed E-state index contributed by atoms with van der Waals surface area (Å²) in [5.74, 6) is -2.65. The normalized spacial score (nSPS) is 25.0. The Balaban J connectivity index is 2.78. The van der Waals surface area contributed by atoms with Gasteiger partial charge in [0.15, 0.2) is 11.6 Å². The molecule has 1 rings (SSSR count). The number of carbonyl (C=O) groups excluding carboxylic acids is 4. The number of rotatable bonds is 7. The van der Waals surface area contributed by atoms with E-state index >= 15 is 0 Å². The second-order valence-electron chi connectivity index (χ2n) is 5.32. The molecule has 1 saturated carbocycles. The lowest BCUT2D eigenvalue weighted by Crippen LogP contribution is -2.52. The maximum Gasteiger partial charge on any atom is 0.303 e. The lowest BCUT2D eigenvalue weighted by Gasteiger charge is -2.32. The van der Waals surface area contributed by atoms with Crippen molar-refractivity contribution in [2.75, 3.05) is 13.7 Å². The Kier molecular flexibility index (Phi) is 7.17. The fraction of sp³-hybridized carbons (Fsp3) is 0.733. The van der Waals surface area contributed by atoms with E-state index < -0.39 is 35.8 Å². The summed E-state index contributed by atoms with van der Waals surface area (Å²) in [6, 6.07) is 0. The first-order valence-electron chi connectivity index (χ1n) is 7.26. The van der Waals surface area contributed by atoms with Gasteiger partial charge in [0.25, 0.3) is 0 Å². The smallest absolute Gasteiger partial charge is 0.303 e. The largest absolute Gasteiger partial charge is 0.450 e. The molecule has 1 fully saturated rings. The number of hydrogen-bond donors (Lipinski definition) is 0. The average Bonchev–Trinajstić information content (AvgIpc) is 2.43. The molecule has 0 bridgehead atoms. The van der Waals surface area contributed by atoms with Gasteiger partial charge in [-0.1, -0.05) is 6.42 Å². The van der Waals surface area contributed by atoms with Crippen molar-refractivity contribution >= 4 is 23.5 Å². The van der Waals surface area contributed by atoms with Gasteiger partial charge in [0.1, 0.15) is 0 Å². The second kappa shape index (κ2) is 8.63. The van der Waals surface area contributed by atoms with Gasteiger partial charge in [-0.25, -0.2) is 0 Å². The summed E-state index contributed by atoms with van der Waals surface area (Å²) >= 11 is 0. The van der Waals surface area contributed by atoms with Crippen LogP contribution in [0.1, 0.15) is 39.5 Å². The highest BCUT2D eigenvalue weighted by molar-refractivity contribution is 6.02. The first-order chi connectivity index (χ1) is 10.4. The predicted octanol–water partition coefficient (Wildman–Crippen LogP) is 0.825. The van der Waals surface area contributed by atoms with Crippen LogP contribution in [0.25, 0.3) is 0 Å². The monoisotopic (exact) mass is 314 g/mol. The Morgan fingerprint density at radius 2 is 1.64 bits per heavy atom. The summed E-state index contributed by atoms with van der Waals surface area (Å²) in [4.78, 5) is 46.8. The van der Waals surface area contributed by atoms with Gasteiger partial charge < -0.3 is 14.2 Å². The molecule has 0 aromatic rings. The third kappa shape index (κ3) is 5.22. The van der Waals surface area contributed by atoms with Crippen LogP contribution in [-0.2, 0) is 33.4 Å². The minimum atomic E-state index is -1.34. The fourth-order valence-electron chi connectivity index (χ4n) is 2.50. The van der Waals surface area contributed by atoms with E-state index in [1.54, 1.807) is 7.11 Å². The molecule has 0 radical (unpaired) electrons. The number of unbranched alkanes of at least 4 members (excludes halogenated alkanes) is 1. The maximum atomic E-state index is 12.4. The van der Waals surface area contributed by atoms with Crippen molar-refractivity contribution in [3.05, 3.63) is 0 Å². The first kappa shape index (κ1) is 18.3.